The molecular weight excluding hydrogens is 1170 g/mol. The summed E-state index contributed by atoms with van der Waals surface area (Å²) in [7, 11) is 0. The van der Waals surface area contributed by atoms with Crippen LogP contribution < -0.4 is 11.1 Å². The van der Waals surface area contributed by atoms with Crippen molar-refractivity contribution in [3.8, 4) is 20.9 Å². The molecule has 0 spiro atoms. The predicted octanol–water partition coefficient (Wildman–Crippen LogP) is 19.7. The van der Waals surface area contributed by atoms with E-state index < -0.39 is 0 Å². The van der Waals surface area contributed by atoms with Crippen molar-refractivity contribution in [1.82, 2.24) is 0 Å². The fraction of sp³-hybridized carbons (Fsp3) is 0.0303. The first kappa shape index (κ1) is 47.4. The number of nitrogens with two attached hydrogens (primary N) is 1. The summed E-state index contributed by atoms with van der Waals surface area (Å²) in [5.41, 5.74) is 21.3. The molecule has 0 unspecified atom stereocenters. The largest absolute Gasteiger partial charge is 0.398 e. The third kappa shape index (κ3) is 7.99. The minimum Gasteiger partial charge on any atom is -0.398 e. The first-order valence-electron chi connectivity index (χ1n) is 24.1. The second kappa shape index (κ2) is 20.0. The molecule has 0 fully saturated rings. The Morgan fingerprint density at radius 2 is 0.753 bits per heavy atom. The van der Waals surface area contributed by atoms with Gasteiger partial charge < -0.3 is 11.1 Å². The van der Waals surface area contributed by atoms with E-state index in [4.69, 9.17) is 5.73 Å². The van der Waals surface area contributed by atoms with Crippen LogP contribution in [-0.4, -0.2) is 0 Å². The highest BCUT2D eigenvalue weighted by Gasteiger charge is 2.50. The summed E-state index contributed by atoms with van der Waals surface area (Å²) in [6.45, 7) is 0. The van der Waals surface area contributed by atoms with Gasteiger partial charge in [-0.05, 0) is 157 Å². The highest BCUT2D eigenvalue weighted by Crippen LogP contribution is 2.63. The Balaban J connectivity index is 0.000000131. The predicted molar refractivity (Wildman–Crippen MR) is 327 cm³/mol. The number of halogens is 3. The summed E-state index contributed by atoms with van der Waals surface area (Å²) in [5.74, 6) is 0. The van der Waals surface area contributed by atoms with Crippen LogP contribution in [0.25, 0.3) is 41.1 Å². The number of para-hydroxylation sites is 2. The van der Waals surface area contributed by atoms with E-state index >= 15 is 0 Å². The average molecular weight is 1220 g/mol. The Labute approximate surface area is 464 Å². The van der Waals surface area contributed by atoms with E-state index in [1.54, 1.807) is 0 Å². The zero-order valence-corrected chi connectivity index (χ0v) is 46.2. The van der Waals surface area contributed by atoms with Gasteiger partial charge >= 0.3 is 0 Å². The van der Waals surface area contributed by atoms with Crippen molar-refractivity contribution in [3.05, 3.63) is 312 Å². The number of benzene rings is 10. The molecule has 0 radical (unpaired) electrons. The number of rotatable bonds is 6. The third-order valence-electron chi connectivity index (χ3n) is 14.2. The van der Waals surface area contributed by atoms with Gasteiger partial charge in [0.1, 0.15) is 0 Å². The van der Waals surface area contributed by atoms with Crippen molar-refractivity contribution >= 4 is 114 Å². The van der Waals surface area contributed by atoms with E-state index in [2.05, 4.69) is 284 Å². The van der Waals surface area contributed by atoms with E-state index in [1.807, 2.05) is 53.0 Å². The Morgan fingerprint density at radius 1 is 0.370 bits per heavy atom. The highest BCUT2D eigenvalue weighted by atomic mass is 127. The zero-order valence-electron chi connectivity index (χ0n) is 39.3. The van der Waals surface area contributed by atoms with E-state index in [-0.39, 0.29) is 10.8 Å². The summed E-state index contributed by atoms with van der Waals surface area (Å²) in [6.07, 6.45) is 0. The van der Waals surface area contributed by atoms with E-state index in [9.17, 15) is 0 Å². The summed E-state index contributed by atoms with van der Waals surface area (Å²) >= 11 is 13.3. The van der Waals surface area contributed by atoms with Crippen LogP contribution in [0.3, 0.4) is 0 Å². The SMILES string of the molecule is Brc1ccccc1Nc1cccc2c3c(sc12)-c1ccccc1C3(c1ccccc1)c1ccccc1.Ic1cccc2c3c(sc12)-c1ccccc1C3(c1ccccc1)c1ccccc1.Nc1ccccc1Br. The number of fused-ring (bicyclic) bond motifs is 10. The molecule has 10 aromatic carbocycles. The lowest BCUT2D eigenvalue weighted by Crippen LogP contribution is -2.28. The summed E-state index contributed by atoms with van der Waals surface area (Å²) < 4.78 is 6.01. The highest BCUT2D eigenvalue weighted by molar-refractivity contribution is 14.1. The van der Waals surface area contributed by atoms with Crippen molar-refractivity contribution in [2.45, 2.75) is 10.8 Å². The van der Waals surface area contributed by atoms with Crippen molar-refractivity contribution in [2.75, 3.05) is 11.1 Å². The van der Waals surface area contributed by atoms with Gasteiger partial charge in [-0.1, -0.05) is 218 Å². The maximum atomic E-state index is 5.47. The van der Waals surface area contributed by atoms with Gasteiger partial charge in [-0.2, -0.15) is 0 Å². The van der Waals surface area contributed by atoms with Crippen LogP contribution in [0.4, 0.5) is 17.1 Å². The number of nitrogen functional groups attached to an aromatic ring is 1. The number of hydrogen-bond donors (Lipinski definition) is 2. The fourth-order valence-corrected chi connectivity index (χ4v) is 15.3. The fourth-order valence-electron chi connectivity index (χ4n) is 11.2. The van der Waals surface area contributed by atoms with Crippen LogP contribution in [0.5, 0.6) is 0 Å². The molecule has 0 saturated carbocycles. The molecule has 0 saturated heterocycles. The number of hydrogen-bond acceptors (Lipinski definition) is 4. The monoisotopic (exact) mass is 1210 g/mol. The van der Waals surface area contributed by atoms with Gasteiger partial charge in [0.05, 0.1) is 26.9 Å². The van der Waals surface area contributed by atoms with Crippen molar-refractivity contribution in [1.29, 1.82) is 0 Å². The molecule has 0 bridgehead atoms. The lowest BCUT2D eigenvalue weighted by atomic mass is 9.67. The van der Waals surface area contributed by atoms with Crippen molar-refractivity contribution in [2.24, 2.45) is 0 Å². The van der Waals surface area contributed by atoms with Crippen LogP contribution >= 0.6 is 77.1 Å². The smallest absolute Gasteiger partial charge is 0.0728 e. The molecule has 0 amide bonds. The Hall–Kier alpha value is -6.59. The van der Waals surface area contributed by atoms with Crippen LogP contribution in [0.1, 0.15) is 44.5 Å². The second-order valence-corrected chi connectivity index (χ2v) is 23.0. The van der Waals surface area contributed by atoms with E-state index in [0.717, 1.165) is 26.0 Å². The topological polar surface area (TPSA) is 38.0 Å². The number of anilines is 3. The van der Waals surface area contributed by atoms with Gasteiger partial charge in [-0.15, -0.1) is 22.7 Å². The molecule has 12 aromatic rings. The Kier molecular flexibility index (Phi) is 13.0. The normalized spacial score (nSPS) is 13.1. The molecule has 2 aliphatic rings. The molecule has 352 valence electrons. The van der Waals surface area contributed by atoms with E-state index in [1.165, 1.54) is 89.1 Å². The molecule has 0 aliphatic heterocycles. The lowest BCUT2D eigenvalue weighted by molar-refractivity contribution is 0.776. The molecular formula is C66H45Br2IN2S2. The molecule has 2 aliphatic carbocycles. The molecule has 14 rings (SSSR count). The quantitative estimate of drug-likeness (QED) is 0.129. The van der Waals surface area contributed by atoms with Gasteiger partial charge in [0, 0.05) is 32.7 Å². The molecule has 7 heteroatoms. The lowest BCUT2D eigenvalue weighted by Gasteiger charge is -2.33. The van der Waals surface area contributed by atoms with Gasteiger partial charge in [-0.25, -0.2) is 0 Å². The van der Waals surface area contributed by atoms with Crippen molar-refractivity contribution < 1.29 is 0 Å². The molecule has 2 heterocycles. The minimum absolute atomic E-state index is 0.295. The first-order chi connectivity index (χ1) is 35.9. The van der Waals surface area contributed by atoms with E-state index in [0.29, 0.717) is 0 Å². The Bertz CT molecular complexity index is 3850. The maximum Gasteiger partial charge on any atom is 0.0728 e. The zero-order chi connectivity index (χ0) is 49.5. The van der Waals surface area contributed by atoms with Gasteiger partial charge in [0.15, 0.2) is 0 Å². The van der Waals surface area contributed by atoms with Crippen LogP contribution in [0.2, 0.25) is 0 Å². The number of nitrogens with one attached hydrogen (secondary N) is 1. The standard InChI is InChI=1S/C33H22BrNS.C27H17IS.C6H6BrN/c34-27-19-9-10-20-28(27)35-29-21-11-17-25-30-32(36-31(25)29)24-16-7-8-18-26(24)33(30,22-12-3-1-4-13-22)23-14-5-2-6-15-23;28-23-17-9-15-21-24-26(29-25(21)23)20-14-7-8-16-22(20)27(24,18-10-3-1-4-11-18)19-12-5-2-6-13-19;7-5-3-1-2-4-6(5)8/h1-21,35H;1-17H;1-4H,8H2. The van der Waals surface area contributed by atoms with Gasteiger partial charge in [-0.3, -0.25) is 0 Å². The first-order valence-corrected chi connectivity index (χ1v) is 28.4. The van der Waals surface area contributed by atoms with Crippen molar-refractivity contribution in [3.63, 3.8) is 0 Å². The van der Waals surface area contributed by atoms with Gasteiger partial charge in [0.25, 0.3) is 0 Å². The minimum atomic E-state index is -0.376. The summed E-state index contributed by atoms with van der Waals surface area (Å²) in [5, 5.41) is 6.38. The molecule has 3 N–H and O–H groups in total. The molecule has 2 aromatic heterocycles. The summed E-state index contributed by atoms with van der Waals surface area (Å²) in [4.78, 5) is 2.77. The average Bonchev–Trinajstić information content (AvgIpc) is 4.19. The summed E-state index contributed by atoms with van der Waals surface area (Å²) in [6, 6.07) is 91.2. The Morgan fingerprint density at radius 3 is 1.22 bits per heavy atom. The third-order valence-corrected chi connectivity index (χ3v) is 19.4. The number of thiophene rings is 2. The van der Waals surface area contributed by atoms with Gasteiger partial charge in [0.2, 0.25) is 0 Å². The van der Waals surface area contributed by atoms with Crippen LogP contribution in [0.15, 0.2) is 264 Å². The van der Waals surface area contributed by atoms with Crippen LogP contribution in [-0.2, 0) is 10.8 Å². The second-order valence-electron chi connectivity index (χ2n) is 18.1. The maximum absolute atomic E-state index is 5.47. The van der Waals surface area contributed by atoms with Crippen LogP contribution in [0, 0.1) is 3.57 Å². The molecule has 2 nitrogen and oxygen atoms in total. The molecule has 73 heavy (non-hydrogen) atoms. The molecule has 0 atom stereocenters.